The van der Waals surface area contributed by atoms with Gasteiger partial charge >= 0.3 is 0 Å². The van der Waals surface area contributed by atoms with E-state index in [1.54, 1.807) is 32.4 Å². The summed E-state index contributed by atoms with van der Waals surface area (Å²) in [5.74, 6) is 3.45. The van der Waals surface area contributed by atoms with Crippen molar-refractivity contribution in [2.24, 2.45) is 4.99 Å². The topological polar surface area (TPSA) is 102 Å². The molecule has 0 unspecified atom stereocenters. The first-order chi connectivity index (χ1) is 28.6. The Bertz CT molecular complexity index is 2500. The van der Waals surface area contributed by atoms with E-state index in [-0.39, 0.29) is 41.9 Å². The molecule has 0 aliphatic carbocycles. The Labute approximate surface area is 354 Å². The predicted octanol–water partition coefficient (Wildman–Crippen LogP) is 9.09. The van der Waals surface area contributed by atoms with Crippen LogP contribution in [-0.2, 0) is 31.8 Å². The number of rotatable bonds is 12. The number of benzene rings is 5. The molecule has 12 heteroatoms. The highest BCUT2D eigenvalue weighted by molar-refractivity contribution is 7.99. The van der Waals surface area contributed by atoms with Gasteiger partial charge in [-0.05, 0) is 64.6 Å². The monoisotopic (exact) mass is 826 g/mol. The smallest absolute Gasteiger partial charge is 0.261 e. The van der Waals surface area contributed by atoms with Crippen LogP contribution in [0.1, 0.15) is 62.4 Å². The molecular formula is C47H46N4O6S2. The average Bonchev–Trinajstić information content (AvgIpc) is 3.72. The largest absolute Gasteiger partial charge is 0.493 e. The molecule has 302 valence electrons. The Balaban J connectivity index is 0.959. The average molecular weight is 827 g/mol. The molecule has 9 rings (SSSR count). The molecule has 59 heavy (non-hydrogen) atoms. The molecule has 5 aromatic carbocycles. The van der Waals surface area contributed by atoms with E-state index in [4.69, 9.17) is 36.6 Å². The summed E-state index contributed by atoms with van der Waals surface area (Å²) in [5.41, 5.74) is 9.49. The van der Waals surface area contributed by atoms with E-state index < -0.39 is 0 Å². The van der Waals surface area contributed by atoms with Gasteiger partial charge in [-0.3, -0.25) is 19.5 Å². The Morgan fingerprint density at radius 2 is 1.34 bits per heavy atom. The van der Waals surface area contributed by atoms with E-state index in [9.17, 15) is 9.59 Å². The fourth-order valence-corrected chi connectivity index (χ4v) is 9.71. The van der Waals surface area contributed by atoms with Crippen LogP contribution in [0.15, 0.2) is 96.0 Å². The van der Waals surface area contributed by atoms with Crippen molar-refractivity contribution in [3.63, 3.8) is 0 Å². The number of anilines is 3. The van der Waals surface area contributed by atoms with Crippen molar-refractivity contribution >= 4 is 65.2 Å². The SMILES string of the molecule is COc1cc2c(cc1OCc1cc(COc3cc4c(cc3OC)C(=O)N3c5ccccc5C[C@H]3CN4)cc(CSCC(C)(C)S)c1)N=C[C@@H]1Cc3ccccc3N1C2=O. The molecule has 2 amide bonds. The highest BCUT2D eigenvalue weighted by Crippen LogP contribution is 2.43. The first kappa shape index (κ1) is 38.9. The van der Waals surface area contributed by atoms with Gasteiger partial charge in [-0.15, -0.1) is 0 Å². The van der Waals surface area contributed by atoms with Gasteiger partial charge in [-0.2, -0.15) is 24.4 Å². The summed E-state index contributed by atoms with van der Waals surface area (Å²) in [7, 11) is 3.17. The van der Waals surface area contributed by atoms with Gasteiger partial charge in [0.1, 0.15) is 13.2 Å². The molecule has 0 fully saturated rings. The number of carbonyl (C=O) groups excluding carboxylic acids is 2. The summed E-state index contributed by atoms with van der Waals surface area (Å²) < 4.78 is 24.4. The number of amides is 2. The highest BCUT2D eigenvalue weighted by atomic mass is 32.2. The second-order valence-corrected chi connectivity index (χ2v) is 18.2. The van der Waals surface area contributed by atoms with E-state index >= 15 is 0 Å². The van der Waals surface area contributed by atoms with E-state index in [0.717, 1.165) is 63.7 Å². The maximum Gasteiger partial charge on any atom is 0.261 e. The van der Waals surface area contributed by atoms with Gasteiger partial charge < -0.3 is 29.2 Å². The zero-order valence-corrected chi connectivity index (χ0v) is 35.2. The lowest BCUT2D eigenvalue weighted by Gasteiger charge is -2.22. The summed E-state index contributed by atoms with van der Waals surface area (Å²) in [4.78, 5) is 36.5. The highest BCUT2D eigenvalue weighted by Gasteiger charge is 2.38. The summed E-state index contributed by atoms with van der Waals surface area (Å²) in [5, 5.41) is 3.52. The van der Waals surface area contributed by atoms with Crippen LogP contribution < -0.4 is 34.1 Å². The minimum absolute atomic E-state index is 0.0221. The summed E-state index contributed by atoms with van der Waals surface area (Å²) in [6, 6.07) is 29.5. The molecule has 0 aromatic heterocycles. The van der Waals surface area contributed by atoms with Gasteiger partial charge in [0.05, 0.1) is 48.8 Å². The third-order valence-electron chi connectivity index (χ3n) is 11.1. The van der Waals surface area contributed by atoms with E-state index in [2.05, 4.69) is 49.5 Å². The number of hydrogen-bond donors (Lipinski definition) is 2. The molecule has 4 aliphatic rings. The molecular weight excluding hydrogens is 781 g/mol. The van der Waals surface area contributed by atoms with Gasteiger partial charge in [-0.1, -0.05) is 62.4 Å². The number of hydrogen-bond acceptors (Lipinski definition) is 10. The maximum absolute atomic E-state index is 14.0. The van der Waals surface area contributed by atoms with Gasteiger partial charge in [0.2, 0.25) is 0 Å². The first-order valence-corrected chi connectivity index (χ1v) is 21.4. The van der Waals surface area contributed by atoms with Crippen molar-refractivity contribution in [3.8, 4) is 23.0 Å². The molecule has 4 heterocycles. The molecule has 0 saturated carbocycles. The van der Waals surface area contributed by atoms with Crippen LogP contribution in [0.5, 0.6) is 23.0 Å². The number of fused-ring (bicyclic) bond motifs is 8. The third kappa shape index (κ3) is 7.71. The molecule has 10 nitrogen and oxygen atoms in total. The number of nitrogens with zero attached hydrogens (tertiary/aromatic N) is 3. The van der Waals surface area contributed by atoms with Crippen LogP contribution in [0.25, 0.3) is 0 Å². The van der Waals surface area contributed by atoms with Gasteiger partial charge in [0.15, 0.2) is 23.0 Å². The third-order valence-corrected chi connectivity index (χ3v) is 12.9. The number of aliphatic imine (C=N–C) groups is 1. The zero-order valence-electron chi connectivity index (χ0n) is 33.5. The Morgan fingerprint density at radius 3 is 2.02 bits per heavy atom. The number of methoxy groups -OCH3 is 2. The van der Waals surface area contributed by atoms with Crippen LogP contribution >= 0.6 is 24.4 Å². The first-order valence-electron chi connectivity index (χ1n) is 19.8. The van der Waals surface area contributed by atoms with Gasteiger partial charge in [-0.25, -0.2) is 0 Å². The fraction of sp³-hybridized carbons (Fsp3) is 0.298. The maximum atomic E-state index is 14.0. The molecule has 1 N–H and O–H groups in total. The summed E-state index contributed by atoms with van der Waals surface area (Å²) in [6.07, 6.45) is 3.38. The van der Waals surface area contributed by atoms with E-state index in [0.29, 0.717) is 46.4 Å². The lowest BCUT2D eigenvalue weighted by atomic mass is 10.1. The number of thiol groups is 1. The Hall–Kier alpha value is -5.59. The molecule has 5 aromatic rings. The Morgan fingerprint density at radius 1 is 0.746 bits per heavy atom. The summed E-state index contributed by atoms with van der Waals surface area (Å²) >= 11 is 6.55. The van der Waals surface area contributed by atoms with Crippen molar-refractivity contribution in [1.82, 2.24) is 0 Å². The molecule has 2 atom stereocenters. The number of ether oxygens (including phenoxy) is 4. The molecule has 0 bridgehead atoms. The fourth-order valence-electron chi connectivity index (χ4n) is 8.43. The molecule has 0 spiro atoms. The molecule has 4 aliphatic heterocycles. The van der Waals surface area contributed by atoms with Crippen LogP contribution in [-0.4, -0.2) is 61.4 Å². The van der Waals surface area contributed by atoms with Crippen molar-refractivity contribution in [2.75, 3.05) is 41.6 Å². The van der Waals surface area contributed by atoms with Crippen molar-refractivity contribution in [3.05, 3.63) is 130 Å². The zero-order chi connectivity index (χ0) is 40.8. The van der Waals surface area contributed by atoms with E-state index in [1.165, 1.54) is 5.56 Å². The van der Waals surface area contributed by atoms with Crippen molar-refractivity contribution in [1.29, 1.82) is 0 Å². The normalized spacial score (nSPS) is 17.4. The number of nitrogens with one attached hydrogen (secondary N) is 1. The lowest BCUT2D eigenvalue weighted by molar-refractivity contribution is 0.0976. The molecule has 0 radical (unpaired) electrons. The van der Waals surface area contributed by atoms with E-state index in [1.807, 2.05) is 70.2 Å². The number of carbonyl (C=O) groups is 2. The second-order valence-electron chi connectivity index (χ2n) is 16.0. The Kier molecular flexibility index (Phi) is 10.5. The lowest BCUT2D eigenvalue weighted by Crippen LogP contribution is -2.39. The predicted molar refractivity (Wildman–Crippen MR) is 238 cm³/mol. The van der Waals surface area contributed by atoms with Gasteiger partial charge in [0.25, 0.3) is 11.8 Å². The minimum Gasteiger partial charge on any atom is -0.493 e. The van der Waals surface area contributed by atoms with Crippen molar-refractivity contribution in [2.45, 2.75) is 62.5 Å². The van der Waals surface area contributed by atoms with Crippen LogP contribution in [0, 0.1) is 0 Å². The van der Waals surface area contributed by atoms with Crippen molar-refractivity contribution < 1.29 is 28.5 Å². The summed E-state index contributed by atoms with van der Waals surface area (Å²) in [6.45, 7) is 5.35. The standard InChI is InChI=1S/C47H46N4O6S2/c1-47(2,58)27-59-26-30-14-28(24-56-43-20-37-35(18-41(43)54-3)45(52)50-33(22-48-37)16-31-9-5-7-11-39(31)50)13-29(15-30)25-57-44-21-38-36(19-42(44)55-4)46(53)51-34(23-49-38)17-32-10-6-8-12-40(32)51/h5-15,18-22,33-34,49,58H,16-17,23-27H2,1-4H3/t33-,34-/m0/s1. The van der Waals surface area contributed by atoms with Gasteiger partial charge in [0, 0.05) is 58.9 Å². The van der Waals surface area contributed by atoms with Crippen LogP contribution in [0.3, 0.4) is 0 Å². The quantitative estimate of drug-likeness (QED) is 0.120. The second kappa shape index (κ2) is 15.9. The van der Waals surface area contributed by atoms with Crippen LogP contribution in [0.2, 0.25) is 0 Å². The minimum atomic E-state index is -0.155. The number of para-hydroxylation sites is 2. The van der Waals surface area contributed by atoms with Crippen LogP contribution in [0.4, 0.5) is 22.7 Å². The number of thioether (sulfide) groups is 1. The molecule has 0 saturated heterocycles.